The third kappa shape index (κ3) is 3.13. The van der Waals surface area contributed by atoms with Crippen LogP contribution in [-0.4, -0.2) is 18.2 Å². The van der Waals surface area contributed by atoms with Crippen LogP contribution in [0.25, 0.3) is 0 Å². The zero-order valence-electron chi connectivity index (χ0n) is 11.8. The van der Waals surface area contributed by atoms with Crippen molar-refractivity contribution in [1.82, 2.24) is 0 Å². The molecule has 0 fully saturated rings. The fourth-order valence-electron chi connectivity index (χ4n) is 2.03. The third-order valence-electron chi connectivity index (χ3n) is 3.31. The van der Waals surface area contributed by atoms with Gasteiger partial charge in [0.25, 0.3) is 0 Å². The van der Waals surface area contributed by atoms with Crippen LogP contribution < -0.4 is 10.1 Å². The average molecular weight is 289 g/mol. The summed E-state index contributed by atoms with van der Waals surface area (Å²) in [6.45, 7) is 1.53. The molecule has 0 saturated heterocycles. The molecule has 2 aromatic rings. The quantitative estimate of drug-likeness (QED) is 0.887. The molecule has 110 valence electrons. The largest absolute Gasteiger partial charge is 0.497 e. The standard InChI is InChI=1S/C16H16FNO3/c1-16(15(19)20,11-6-8-14(21-2)9-7-11)18-13-5-3-4-12(17)10-13/h3-10,18H,1-2H3,(H,19,20). The van der Waals surface area contributed by atoms with Crippen molar-refractivity contribution in [3.63, 3.8) is 0 Å². The number of anilines is 1. The monoisotopic (exact) mass is 289 g/mol. The molecule has 5 heteroatoms. The second-order valence-electron chi connectivity index (χ2n) is 4.79. The van der Waals surface area contributed by atoms with Gasteiger partial charge in [-0.1, -0.05) is 18.2 Å². The molecule has 0 heterocycles. The number of methoxy groups -OCH3 is 1. The van der Waals surface area contributed by atoms with Gasteiger partial charge >= 0.3 is 5.97 Å². The first-order valence-corrected chi connectivity index (χ1v) is 6.37. The Morgan fingerprint density at radius 3 is 2.43 bits per heavy atom. The highest BCUT2D eigenvalue weighted by atomic mass is 19.1. The topological polar surface area (TPSA) is 58.6 Å². The van der Waals surface area contributed by atoms with E-state index in [0.717, 1.165) is 0 Å². The summed E-state index contributed by atoms with van der Waals surface area (Å²) in [6.07, 6.45) is 0. The molecule has 0 saturated carbocycles. The molecule has 2 rings (SSSR count). The van der Waals surface area contributed by atoms with E-state index in [1.165, 1.54) is 32.2 Å². The van der Waals surface area contributed by atoms with Crippen LogP contribution in [0.1, 0.15) is 12.5 Å². The molecule has 0 aliphatic rings. The van der Waals surface area contributed by atoms with Crippen LogP contribution in [-0.2, 0) is 10.3 Å². The molecular formula is C16H16FNO3. The molecule has 0 amide bonds. The van der Waals surface area contributed by atoms with Crippen LogP contribution in [0.2, 0.25) is 0 Å². The van der Waals surface area contributed by atoms with Gasteiger partial charge in [0.2, 0.25) is 0 Å². The Kier molecular flexibility index (Phi) is 4.12. The van der Waals surface area contributed by atoms with E-state index in [0.29, 0.717) is 17.0 Å². The normalized spacial score (nSPS) is 13.3. The second kappa shape index (κ2) is 5.83. The molecule has 2 N–H and O–H groups in total. The Labute approximate surface area is 122 Å². The highest BCUT2D eigenvalue weighted by molar-refractivity contribution is 5.84. The van der Waals surface area contributed by atoms with Gasteiger partial charge in [-0.2, -0.15) is 0 Å². The van der Waals surface area contributed by atoms with Gasteiger partial charge in [-0.15, -0.1) is 0 Å². The first kappa shape index (κ1) is 14.8. The first-order valence-electron chi connectivity index (χ1n) is 6.37. The number of hydrogen-bond acceptors (Lipinski definition) is 3. The number of aliphatic carboxylic acids is 1. The molecule has 0 spiro atoms. The van der Waals surface area contributed by atoms with Gasteiger partial charge in [0.1, 0.15) is 11.6 Å². The molecular weight excluding hydrogens is 273 g/mol. The fourth-order valence-corrected chi connectivity index (χ4v) is 2.03. The minimum atomic E-state index is -1.37. The highest BCUT2D eigenvalue weighted by Crippen LogP contribution is 2.28. The van der Waals surface area contributed by atoms with Gasteiger partial charge in [0, 0.05) is 5.69 Å². The van der Waals surface area contributed by atoms with E-state index in [1.807, 2.05) is 0 Å². The van der Waals surface area contributed by atoms with Crippen LogP contribution in [0.15, 0.2) is 48.5 Å². The van der Waals surface area contributed by atoms with Crippen molar-refractivity contribution in [2.45, 2.75) is 12.5 Å². The SMILES string of the molecule is COc1ccc(C(C)(Nc2cccc(F)c2)C(=O)O)cc1. The molecule has 0 bridgehead atoms. The van der Waals surface area contributed by atoms with Crippen molar-refractivity contribution in [2.24, 2.45) is 0 Å². The Morgan fingerprint density at radius 1 is 1.24 bits per heavy atom. The zero-order valence-corrected chi connectivity index (χ0v) is 11.8. The van der Waals surface area contributed by atoms with Crippen molar-refractivity contribution in [3.8, 4) is 5.75 Å². The number of nitrogens with one attached hydrogen (secondary N) is 1. The maximum atomic E-state index is 13.2. The number of ether oxygens (including phenoxy) is 1. The number of carboxylic acid groups (broad SMARTS) is 1. The lowest BCUT2D eigenvalue weighted by Crippen LogP contribution is -2.40. The number of rotatable bonds is 5. The van der Waals surface area contributed by atoms with Crippen molar-refractivity contribution >= 4 is 11.7 Å². The molecule has 0 aliphatic heterocycles. The molecule has 0 aliphatic carbocycles. The van der Waals surface area contributed by atoms with Gasteiger partial charge in [0.05, 0.1) is 7.11 Å². The van der Waals surface area contributed by atoms with Crippen LogP contribution >= 0.6 is 0 Å². The van der Waals surface area contributed by atoms with E-state index < -0.39 is 17.3 Å². The molecule has 21 heavy (non-hydrogen) atoms. The molecule has 4 nitrogen and oxygen atoms in total. The van der Waals surface area contributed by atoms with E-state index in [1.54, 1.807) is 30.3 Å². The summed E-state index contributed by atoms with van der Waals surface area (Å²) in [5.74, 6) is -0.850. The van der Waals surface area contributed by atoms with E-state index in [2.05, 4.69) is 5.32 Å². The van der Waals surface area contributed by atoms with Crippen molar-refractivity contribution in [3.05, 3.63) is 59.9 Å². The second-order valence-corrected chi connectivity index (χ2v) is 4.79. The van der Waals surface area contributed by atoms with Crippen LogP contribution in [0, 0.1) is 5.82 Å². The Morgan fingerprint density at radius 2 is 1.90 bits per heavy atom. The van der Waals surface area contributed by atoms with Gasteiger partial charge in [-0.05, 0) is 42.8 Å². The number of carboxylic acids is 1. The smallest absolute Gasteiger partial charge is 0.333 e. The summed E-state index contributed by atoms with van der Waals surface area (Å²) in [5.41, 5.74) is -0.434. The summed E-state index contributed by atoms with van der Waals surface area (Å²) in [7, 11) is 1.54. The Hall–Kier alpha value is -2.56. The fraction of sp³-hybridized carbons (Fsp3) is 0.188. The van der Waals surface area contributed by atoms with E-state index >= 15 is 0 Å². The highest BCUT2D eigenvalue weighted by Gasteiger charge is 2.35. The number of hydrogen-bond donors (Lipinski definition) is 2. The summed E-state index contributed by atoms with van der Waals surface area (Å²) in [4.78, 5) is 11.7. The van der Waals surface area contributed by atoms with Gasteiger partial charge in [0.15, 0.2) is 5.54 Å². The zero-order chi connectivity index (χ0) is 15.5. The maximum absolute atomic E-state index is 13.2. The minimum Gasteiger partial charge on any atom is -0.497 e. The predicted molar refractivity (Wildman–Crippen MR) is 78.0 cm³/mol. The summed E-state index contributed by atoms with van der Waals surface area (Å²) >= 11 is 0. The Bertz CT molecular complexity index is 642. The maximum Gasteiger partial charge on any atom is 0.333 e. The number of benzene rings is 2. The van der Waals surface area contributed by atoms with Crippen LogP contribution in [0.5, 0.6) is 5.75 Å². The third-order valence-corrected chi connectivity index (χ3v) is 3.31. The number of halogens is 1. The average Bonchev–Trinajstić information content (AvgIpc) is 2.47. The van der Waals surface area contributed by atoms with Gasteiger partial charge in [-0.25, -0.2) is 9.18 Å². The van der Waals surface area contributed by atoms with Crippen LogP contribution in [0.4, 0.5) is 10.1 Å². The summed E-state index contributed by atoms with van der Waals surface area (Å²) in [5, 5.41) is 12.4. The molecule has 1 unspecified atom stereocenters. The van der Waals surface area contributed by atoms with Gasteiger partial charge < -0.3 is 15.2 Å². The van der Waals surface area contributed by atoms with Crippen molar-refractivity contribution in [2.75, 3.05) is 12.4 Å². The number of carbonyl (C=O) groups is 1. The molecule has 2 aromatic carbocycles. The first-order chi connectivity index (χ1) is 9.95. The van der Waals surface area contributed by atoms with Crippen molar-refractivity contribution in [1.29, 1.82) is 0 Å². The minimum absolute atomic E-state index is 0.399. The van der Waals surface area contributed by atoms with Gasteiger partial charge in [-0.3, -0.25) is 0 Å². The van der Waals surface area contributed by atoms with E-state index in [-0.39, 0.29) is 0 Å². The Balaban J connectivity index is 2.37. The molecule has 1 atom stereocenters. The lowest BCUT2D eigenvalue weighted by molar-refractivity contribution is -0.142. The summed E-state index contributed by atoms with van der Waals surface area (Å²) < 4.78 is 18.3. The molecule has 0 aromatic heterocycles. The predicted octanol–water partition coefficient (Wildman–Crippen LogP) is 3.25. The van der Waals surface area contributed by atoms with E-state index in [9.17, 15) is 14.3 Å². The lowest BCUT2D eigenvalue weighted by atomic mass is 9.91. The van der Waals surface area contributed by atoms with Crippen molar-refractivity contribution < 1.29 is 19.0 Å². The summed E-state index contributed by atoms with van der Waals surface area (Å²) in [6, 6.07) is 12.4. The van der Waals surface area contributed by atoms with E-state index in [4.69, 9.17) is 4.74 Å². The lowest BCUT2D eigenvalue weighted by Gasteiger charge is -2.28. The molecule has 0 radical (unpaired) electrons. The van der Waals surface area contributed by atoms with Crippen LogP contribution in [0.3, 0.4) is 0 Å².